The zero-order chi connectivity index (χ0) is 22.8. The number of hydrogen-bond donors (Lipinski definition) is 3. The Morgan fingerprint density at radius 1 is 1.21 bits per heavy atom. The average molecular weight is 446 g/mol. The van der Waals surface area contributed by atoms with Gasteiger partial charge >= 0.3 is 5.69 Å². The number of pyridine rings is 1. The smallest absolute Gasteiger partial charge is 0.325 e. The first kappa shape index (κ1) is 21.2. The highest BCUT2D eigenvalue weighted by molar-refractivity contribution is 5.92. The lowest BCUT2D eigenvalue weighted by atomic mass is 9.94. The summed E-state index contributed by atoms with van der Waals surface area (Å²) in [4.78, 5) is 34.4. The van der Waals surface area contributed by atoms with Gasteiger partial charge in [-0.2, -0.15) is 0 Å². The molecule has 3 heterocycles. The fourth-order valence-corrected chi connectivity index (χ4v) is 4.60. The zero-order valence-corrected chi connectivity index (χ0v) is 18.6. The van der Waals surface area contributed by atoms with Gasteiger partial charge in [-0.1, -0.05) is 43.1 Å². The molecule has 1 amide bonds. The second-order valence-electron chi connectivity index (χ2n) is 8.63. The number of benzene rings is 1. The van der Waals surface area contributed by atoms with Crippen LogP contribution in [0.1, 0.15) is 72.4 Å². The van der Waals surface area contributed by atoms with Crippen LogP contribution in [0.25, 0.3) is 22.3 Å². The van der Waals surface area contributed by atoms with Gasteiger partial charge in [0.2, 0.25) is 5.76 Å². The van der Waals surface area contributed by atoms with Crippen LogP contribution in [0.5, 0.6) is 0 Å². The number of fused-ring (bicyclic) bond motifs is 2. The van der Waals surface area contributed by atoms with E-state index >= 15 is 0 Å². The van der Waals surface area contributed by atoms with Gasteiger partial charge in [-0.05, 0) is 54.9 Å². The number of nitrogens with zero attached hydrogens (tertiary/aromatic N) is 2. The van der Waals surface area contributed by atoms with E-state index in [0.717, 1.165) is 67.3 Å². The number of aromatic amines is 2. The number of aromatic nitrogens is 4. The molecule has 0 radical (unpaired) electrons. The van der Waals surface area contributed by atoms with E-state index in [1.54, 1.807) is 12.3 Å². The molecule has 0 saturated heterocycles. The summed E-state index contributed by atoms with van der Waals surface area (Å²) in [5.41, 5.74) is 6.06. The largest absolute Gasteiger partial charge is 0.351 e. The maximum Gasteiger partial charge on any atom is 0.325 e. The topological polar surface area (TPSA) is 117 Å². The number of carbonyl (C=O) groups excluding carboxylic acids is 1. The van der Waals surface area contributed by atoms with Crippen molar-refractivity contribution in [3.05, 3.63) is 69.6 Å². The monoisotopic (exact) mass is 445 g/mol. The van der Waals surface area contributed by atoms with Gasteiger partial charge < -0.3 is 14.8 Å². The van der Waals surface area contributed by atoms with Gasteiger partial charge in [-0.25, -0.2) is 9.78 Å². The molecule has 3 N–H and O–H groups in total. The van der Waals surface area contributed by atoms with Crippen molar-refractivity contribution in [1.29, 1.82) is 0 Å². The Kier molecular flexibility index (Phi) is 5.81. The van der Waals surface area contributed by atoms with Gasteiger partial charge in [-0.15, -0.1) is 0 Å². The quantitative estimate of drug-likeness (QED) is 0.379. The number of carbonyl (C=O) groups is 1. The number of H-pyrrole nitrogens is 2. The molecule has 1 aromatic carbocycles. The average Bonchev–Trinajstić information content (AvgIpc) is 3.40. The van der Waals surface area contributed by atoms with Crippen LogP contribution in [0.2, 0.25) is 0 Å². The van der Waals surface area contributed by atoms with E-state index in [1.807, 2.05) is 12.1 Å². The third kappa shape index (κ3) is 4.33. The summed E-state index contributed by atoms with van der Waals surface area (Å²) >= 11 is 0. The number of rotatable bonds is 6. The fraction of sp³-hybridized carbons (Fsp3) is 0.360. The number of imidazole rings is 1. The number of amides is 1. The molecule has 1 unspecified atom stereocenters. The molecule has 33 heavy (non-hydrogen) atoms. The van der Waals surface area contributed by atoms with Gasteiger partial charge in [0.05, 0.1) is 17.3 Å². The third-order valence-electron chi connectivity index (χ3n) is 6.31. The maximum absolute atomic E-state index is 12.9. The van der Waals surface area contributed by atoms with Crippen LogP contribution in [-0.4, -0.2) is 26.0 Å². The summed E-state index contributed by atoms with van der Waals surface area (Å²) in [7, 11) is 0. The van der Waals surface area contributed by atoms with Gasteiger partial charge in [0.25, 0.3) is 5.91 Å². The van der Waals surface area contributed by atoms with Gasteiger partial charge in [0, 0.05) is 17.8 Å². The molecule has 5 rings (SSSR count). The molecule has 1 aliphatic rings. The normalized spacial score (nSPS) is 15.8. The van der Waals surface area contributed by atoms with E-state index in [2.05, 4.69) is 44.5 Å². The van der Waals surface area contributed by atoms with Gasteiger partial charge in [0.15, 0.2) is 5.65 Å². The van der Waals surface area contributed by atoms with Crippen LogP contribution >= 0.6 is 0 Å². The van der Waals surface area contributed by atoms with Crippen LogP contribution in [0.4, 0.5) is 0 Å². The predicted octanol–water partition coefficient (Wildman–Crippen LogP) is 4.45. The summed E-state index contributed by atoms with van der Waals surface area (Å²) in [6.45, 7) is 2.12. The lowest BCUT2D eigenvalue weighted by Crippen LogP contribution is -2.28. The van der Waals surface area contributed by atoms with Gasteiger partial charge in [0.1, 0.15) is 0 Å². The van der Waals surface area contributed by atoms with E-state index < -0.39 is 0 Å². The Hall–Kier alpha value is -3.68. The minimum Gasteiger partial charge on any atom is -0.351 e. The number of unbranched alkanes of at least 4 members (excludes halogenated alkanes) is 1. The van der Waals surface area contributed by atoms with Crippen LogP contribution in [-0.2, 0) is 12.8 Å². The van der Waals surface area contributed by atoms with Crippen molar-refractivity contribution in [3.63, 3.8) is 0 Å². The number of aryl methyl sites for hydroxylation is 2. The van der Waals surface area contributed by atoms with Crippen molar-refractivity contribution in [2.24, 2.45) is 0 Å². The van der Waals surface area contributed by atoms with Crippen molar-refractivity contribution < 1.29 is 9.32 Å². The molecule has 1 aliphatic carbocycles. The highest BCUT2D eigenvalue weighted by Gasteiger charge is 2.23. The standard InChI is InChI=1S/C25H27N5O3/c1-2-3-7-17-14-21(33-30-17)24(31)27-20-8-5-4-6-15-13-16(9-10-18(15)20)19-11-12-26-23-22(19)28-25(32)29-23/h9-14,20H,2-8H2,1H3,(H,27,31)(H2,26,28,29,32). The van der Waals surface area contributed by atoms with Crippen LogP contribution < -0.4 is 11.0 Å². The summed E-state index contributed by atoms with van der Waals surface area (Å²) in [5.74, 6) is 0.0343. The molecule has 4 aromatic rings. The molecule has 1 atom stereocenters. The Morgan fingerprint density at radius 2 is 2.12 bits per heavy atom. The lowest BCUT2D eigenvalue weighted by molar-refractivity contribution is 0.0897. The first-order valence-corrected chi connectivity index (χ1v) is 11.6. The van der Waals surface area contributed by atoms with Crippen molar-refractivity contribution in [3.8, 4) is 11.1 Å². The SMILES string of the molecule is CCCCc1cc(C(=O)NC2CCCCc3cc(-c4ccnc5[nH]c(=O)[nH]c45)ccc32)on1. The first-order chi connectivity index (χ1) is 16.1. The Bertz CT molecular complexity index is 1350. The van der Waals surface area contributed by atoms with E-state index in [1.165, 1.54) is 5.56 Å². The Balaban J connectivity index is 1.41. The summed E-state index contributed by atoms with van der Waals surface area (Å²) in [5, 5.41) is 7.19. The van der Waals surface area contributed by atoms with Crippen molar-refractivity contribution in [2.45, 2.75) is 57.9 Å². The molecule has 0 spiro atoms. The second-order valence-corrected chi connectivity index (χ2v) is 8.63. The highest BCUT2D eigenvalue weighted by atomic mass is 16.5. The second kappa shape index (κ2) is 9.05. The zero-order valence-electron chi connectivity index (χ0n) is 18.6. The van der Waals surface area contributed by atoms with E-state index in [4.69, 9.17) is 4.52 Å². The minimum atomic E-state index is -0.271. The first-order valence-electron chi connectivity index (χ1n) is 11.6. The fourth-order valence-electron chi connectivity index (χ4n) is 4.60. The molecule has 3 aromatic heterocycles. The van der Waals surface area contributed by atoms with Crippen molar-refractivity contribution in [2.75, 3.05) is 0 Å². The molecule has 8 heteroatoms. The third-order valence-corrected chi connectivity index (χ3v) is 6.31. The maximum atomic E-state index is 12.9. The molecular weight excluding hydrogens is 418 g/mol. The predicted molar refractivity (Wildman–Crippen MR) is 125 cm³/mol. The number of nitrogens with one attached hydrogen (secondary N) is 3. The van der Waals surface area contributed by atoms with E-state index in [-0.39, 0.29) is 23.4 Å². The summed E-state index contributed by atoms with van der Waals surface area (Å²) in [6, 6.07) is 9.86. The minimum absolute atomic E-state index is 0.0854. The molecular formula is C25H27N5O3. The molecule has 0 aliphatic heterocycles. The molecule has 0 fully saturated rings. The molecule has 170 valence electrons. The van der Waals surface area contributed by atoms with E-state index in [9.17, 15) is 9.59 Å². The summed E-state index contributed by atoms with van der Waals surface area (Å²) < 4.78 is 5.30. The van der Waals surface area contributed by atoms with E-state index in [0.29, 0.717) is 11.2 Å². The van der Waals surface area contributed by atoms with Crippen molar-refractivity contribution >= 4 is 17.1 Å². The number of hydrogen-bond acceptors (Lipinski definition) is 5. The van der Waals surface area contributed by atoms with Gasteiger partial charge in [-0.3, -0.25) is 9.78 Å². The van der Waals surface area contributed by atoms with Crippen molar-refractivity contribution in [1.82, 2.24) is 25.4 Å². The molecule has 0 bridgehead atoms. The van der Waals surface area contributed by atoms with Crippen LogP contribution in [0.3, 0.4) is 0 Å². The Morgan fingerprint density at radius 3 is 3.00 bits per heavy atom. The van der Waals surface area contributed by atoms with Crippen LogP contribution in [0, 0.1) is 0 Å². The lowest BCUT2D eigenvalue weighted by Gasteiger charge is -2.19. The molecule has 8 nitrogen and oxygen atoms in total. The summed E-state index contributed by atoms with van der Waals surface area (Å²) in [6.07, 6.45) is 8.50. The van der Waals surface area contributed by atoms with Crippen LogP contribution in [0.15, 0.2) is 45.8 Å². The molecule has 0 saturated carbocycles. The highest BCUT2D eigenvalue weighted by Crippen LogP contribution is 2.33. The Labute approximate surface area is 190 Å².